The molecule has 0 fully saturated rings. The summed E-state index contributed by atoms with van der Waals surface area (Å²) in [7, 11) is 0. The maximum atomic E-state index is 0. The van der Waals surface area contributed by atoms with E-state index in [1.54, 1.807) is 0 Å². The summed E-state index contributed by atoms with van der Waals surface area (Å²) in [5.74, 6) is 0. The van der Waals surface area contributed by atoms with Gasteiger partial charge in [-0.25, -0.2) is 0 Å². The van der Waals surface area contributed by atoms with Gasteiger partial charge < -0.3 is 32.9 Å². The van der Waals surface area contributed by atoms with E-state index in [2.05, 4.69) is 0 Å². The van der Waals surface area contributed by atoms with Crippen molar-refractivity contribution in [2.75, 3.05) is 0 Å². The summed E-state index contributed by atoms with van der Waals surface area (Å²) in [6.07, 6.45) is 0. The van der Waals surface area contributed by atoms with Crippen LogP contribution in [0.5, 0.6) is 0 Å². The first kappa shape index (κ1) is 327. The van der Waals surface area contributed by atoms with Crippen molar-refractivity contribution < 1.29 is 79.8 Å². The van der Waals surface area contributed by atoms with E-state index in [1.165, 1.54) is 0 Å². The van der Waals surface area contributed by atoms with Gasteiger partial charge in [-0.3, -0.25) is 0 Å². The molecule has 10 heteroatoms. The Morgan fingerprint density at radius 2 is 0.300 bits per heavy atom. The minimum atomic E-state index is 0. The first-order chi connectivity index (χ1) is 0. The van der Waals surface area contributed by atoms with Crippen molar-refractivity contribution >= 4 is 37.2 Å². The van der Waals surface area contributed by atoms with Gasteiger partial charge in [-0.1, -0.05) is 0 Å². The maximum Gasteiger partial charge on any atom is 0 e. The van der Waals surface area contributed by atoms with E-state index in [0.29, 0.717) is 0 Å². The Balaban J connectivity index is 0. The zero-order chi connectivity index (χ0) is 0. The van der Waals surface area contributed by atoms with Gasteiger partial charge in [-0.15, -0.1) is 37.2 Å². The second-order valence-corrected chi connectivity index (χ2v) is 0. The van der Waals surface area contributed by atoms with E-state index >= 15 is 0 Å². The van der Waals surface area contributed by atoms with Gasteiger partial charge in [0, 0.05) is 46.9 Å². The summed E-state index contributed by atoms with van der Waals surface area (Å²) >= 11 is 0. The van der Waals surface area contributed by atoms with Gasteiger partial charge in [0.1, 0.15) is 0 Å². The molecule has 0 aromatic rings. The standard InChI is InChI=1S/3ClH.6H2O.Yb/h3*1H;6*1H2;. The molecule has 0 heterocycles. The average molecular weight is 391 g/mol. The zero-order valence-electron chi connectivity index (χ0n) is 4.49. The molecule has 0 radical (unpaired) electrons. The van der Waals surface area contributed by atoms with Crippen LogP contribution in [0.1, 0.15) is 0 Å². The quantitative estimate of drug-likeness (QED) is 0.394. The van der Waals surface area contributed by atoms with Crippen LogP contribution in [0, 0.1) is 46.9 Å². The summed E-state index contributed by atoms with van der Waals surface area (Å²) in [6.45, 7) is 0. The van der Waals surface area contributed by atoms with Crippen molar-refractivity contribution in [2.24, 2.45) is 0 Å². The molecule has 0 aliphatic rings. The Kier molecular flexibility index (Phi) is 8130. The fourth-order valence-corrected chi connectivity index (χ4v) is 0. The van der Waals surface area contributed by atoms with E-state index in [9.17, 15) is 0 Å². The van der Waals surface area contributed by atoms with E-state index in [1.807, 2.05) is 0 Å². The number of halogens is 3. The Morgan fingerprint density at radius 1 is 0.300 bits per heavy atom. The van der Waals surface area contributed by atoms with Gasteiger partial charge >= 0.3 is 0 Å². The smallest absolute Gasteiger partial charge is 0 e. The molecular formula is H15Cl3O6Yb. The van der Waals surface area contributed by atoms with Crippen LogP contribution in [0.25, 0.3) is 0 Å². The molecule has 0 bridgehead atoms. The molecule has 0 aromatic carbocycles. The molecule has 86 valence electrons. The first-order valence-corrected chi connectivity index (χ1v) is 0. The third-order valence-corrected chi connectivity index (χ3v) is 0. The first-order valence-electron chi connectivity index (χ1n) is 0. The minimum absolute atomic E-state index is 0. The van der Waals surface area contributed by atoms with Crippen molar-refractivity contribution in [3.8, 4) is 0 Å². The average Bonchev–Trinajstić information content (AvgIpc) is 0. The molecular weight excluding hydrogens is 375 g/mol. The Morgan fingerprint density at radius 3 is 0.300 bits per heavy atom. The summed E-state index contributed by atoms with van der Waals surface area (Å²) in [6, 6.07) is 0. The third-order valence-electron chi connectivity index (χ3n) is 0. The molecule has 0 aliphatic carbocycles. The Hall–Kier alpha value is 2.15. The molecule has 0 aliphatic heterocycles. The molecule has 12 N–H and O–H groups in total. The maximum absolute atomic E-state index is 0. The fraction of sp³-hybridized carbons (Fsp3) is 0. The molecule has 0 rings (SSSR count). The second-order valence-electron chi connectivity index (χ2n) is 0. The van der Waals surface area contributed by atoms with Crippen molar-refractivity contribution in [3.63, 3.8) is 0 Å². The molecule has 0 amide bonds. The van der Waals surface area contributed by atoms with Crippen LogP contribution in [0.3, 0.4) is 0 Å². The van der Waals surface area contributed by atoms with Crippen LogP contribution in [-0.2, 0) is 0 Å². The molecule has 10 heavy (non-hydrogen) atoms. The normalized spacial score (nSPS) is 0. The van der Waals surface area contributed by atoms with Crippen molar-refractivity contribution in [3.05, 3.63) is 0 Å². The van der Waals surface area contributed by atoms with Crippen LogP contribution in [0.4, 0.5) is 0 Å². The molecule has 0 saturated carbocycles. The SMILES string of the molecule is Cl.Cl.Cl.O.O.O.O.O.O.[Yb]. The number of rotatable bonds is 0. The van der Waals surface area contributed by atoms with Crippen LogP contribution in [0.15, 0.2) is 0 Å². The summed E-state index contributed by atoms with van der Waals surface area (Å²) in [5, 5.41) is 0. The van der Waals surface area contributed by atoms with Crippen LogP contribution in [-0.4, -0.2) is 32.9 Å². The topological polar surface area (TPSA) is 189 Å². The van der Waals surface area contributed by atoms with Crippen molar-refractivity contribution in [2.45, 2.75) is 0 Å². The predicted molar refractivity (Wildman–Crippen MR) is 43.4 cm³/mol. The predicted octanol–water partition coefficient (Wildman–Crippen LogP) is -3.68. The molecule has 0 spiro atoms. The van der Waals surface area contributed by atoms with Gasteiger partial charge in [-0.05, 0) is 0 Å². The van der Waals surface area contributed by atoms with E-state index in [4.69, 9.17) is 0 Å². The van der Waals surface area contributed by atoms with Gasteiger partial charge in [0.05, 0.1) is 0 Å². The largest absolute Gasteiger partial charge is 0.412 e. The van der Waals surface area contributed by atoms with Gasteiger partial charge in [0.25, 0.3) is 0 Å². The zero-order valence-corrected chi connectivity index (χ0v) is 8.66. The summed E-state index contributed by atoms with van der Waals surface area (Å²) in [4.78, 5) is 0. The van der Waals surface area contributed by atoms with E-state index in [0.717, 1.165) is 0 Å². The minimum Gasteiger partial charge on any atom is -0.412 e. The van der Waals surface area contributed by atoms with E-state index < -0.39 is 0 Å². The van der Waals surface area contributed by atoms with E-state index in [-0.39, 0.29) is 117 Å². The molecule has 0 aromatic heterocycles. The molecule has 0 unspecified atom stereocenters. The monoisotopic (exact) mass is 390 g/mol. The van der Waals surface area contributed by atoms with Crippen molar-refractivity contribution in [1.29, 1.82) is 0 Å². The summed E-state index contributed by atoms with van der Waals surface area (Å²) in [5.41, 5.74) is 0. The second kappa shape index (κ2) is 249. The van der Waals surface area contributed by atoms with Gasteiger partial charge in [0.2, 0.25) is 0 Å². The Labute approximate surface area is 115 Å². The van der Waals surface area contributed by atoms with Gasteiger partial charge in [0.15, 0.2) is 0 Å². The van der Waals surface area contributed by atoms with Crippen molar-refractivity contribution in [1.82, 2.24) is 0 Å². The Bertz CT molecular complexity index is 13.0. The van der Waals surface area contributed by atoms with Crippen LogP contribution < -0.4 is 0 Å². The van der Waals surface area contributed by atoms with Gasteiger partial charge in [-0.2, -0.15) is 0 Å². The summed E-state index contributed by atoms with van der Waals surface area (Å²) < 4.78 is 0. The van der Waals surface area contributed by atoms with Crippen LogP contribution in [0.2, 0.25) is 0 Å². The number of hydrogen-bond donors (Lipinski definition) is 0. The number of hydrogen-bond acceptors (Lipinski definition) is 0. The molecule has 0 atom stereocenters. The molecule has 6 nitrogen and oxygen atoms in total. The third kappa shape index (κ3) is 184. The molecule has 0 saturated heterocycles. The fourth-order valence-electron chi connectivity index (χ4n) is 0. The van der Waals surface area contributed by atoms with Crippen LogP contribution >= 0.6 is 37.2 Å².